The first-order valence-electron chi connectivity index (χ1n) is 8.95. The molecule has 30 heavy (non-hydrogen) atoms. The van der Waals surface area contributed by atoms with Crippen LogP contribution in [0.4, 0.5) is 18.9 Å². The normalized spacial score (nSPS) is 16.7. The number of carbonyl (C=O) groups excluding carboxylic acids is 1. The number of thioether (sulfide) groups is 1. The molecule has 0 N–H and O–H groups in total. The van der Waals surface area contributed by atoms with Crippen LogP contribution in [0, 0.1) is 0 Å². The lowest BCUT2D eigenvalue weighted by molar-refractivity contribution is -0.137. The zero-order valence-electron chi connectivity index (χ0n) is 15.4. The van der Waals surface area contributed by atoms with Crippen molar-refractivity contribution < 1.29 is 22.7 Å². The Hall–Kier alpha value is -2.64. The highest BCUT2D eigenvalue weighted by atomic mass is 35.5. The van der Waals surface area contributed by atoms with Crippen LogP contribution < -0.4 is 9.64 Å². The molecule has 1 aliphatic rings. The number of carbonyl (C=O) groups is 1. The van der Waals surface area contributed by atoms with E-state index in [2.05, 4.69) is 0 Å². The number of hydrogen-bond acceptors (Lipinski definition) is 3. The van der Waals surface area contributed by atoms with Crippen LogP contribution >= 0.6 is 23.4 Å². The van der Waals surface area contributed by atoms with Crippen LogP contribution in [0.15, 0.2) is 72.8 Å². The molecule has 4 rings (SSSR count). The molecule has 1 heterocycles. The molecule has 1 aliphatic heterocycles. The highest BCUT2D eigenvalue weighted by Gasteiger charge is 2.35. The number of halogens is 4. The third-order valence-electron chi connectivity index (χ3n) is 4.56. The van der Waals surface area contributed by atoms with Crippen molar-refractivity contribution in [1.82, 2.24) is 0 Å². The minimum Gasteiger partial charge on any atom is -0.457 e. The van der Waals surface area contributed by atoms with Crippen molar-refractivity contribution in [3.8, 4) is 11.5 Å². The van der Waals surface area contributed by atoms with Gasteiger partial charge in [0, 0.05) is 10.7 Å². The molecule has 1 amide bonds. The smallest absolute Gasteiger partial charge is 0.416 e. The number of benzene rings is 3. The van der Waals surface area contributed by atoms with Crippen LogP contribution in [0.2, 0.25) is 5.02 Å². The van der Waals surface area contributed by atoms with Crippen molar-refractivity contribution in [2.75, 3.05) is 10.7 Å². The summed E-state index contributed by atoms with van der Waals surface area (Å²) in [4.78, 5) is 14.1. The molecule has 1 atom stereocenters. The SMILES string of the molecule is O=C1CSC(c2ccc(C(F)(F)F)cc2)N1c1ccc(Oc2ccc(Cl)cc2)cc1. The second-order valence-electron chi connectivity index (χ2n) is 6.60. The topological polar surface area (TPSA) is 29.5 Å². The van der Waals surface area contributed by atoms with Gasteiger partial charge in [-0.15, -0.1) is 11.8 Å². The predicted molar refractivity (Wildman–Crippen MR) is 112 cm³/mol. The molecular weight excluding hydrogens is 435 g/mol. The van der Waals surface area contributed by atoms with Gasteiger partial charge >= 0.3 is 6.18 Å². The molecule has 154 valence electrons. The minimum absolute atomic E-state index is 0.101. The Labute approximate surface area is 180 Å². The summed E-state index contributed by atoms with van der Waals surface area (Å²) in [5.74, 6) is 1.37. The predicted octanol–water partition coefficient (Wildman–Crippen LogP) is 6.93. The van der Waals surface area contributed by atoms with Gasteiger partial charge in [-0.3, -0.25) is 9.69 Å². The van der Waals surface area contributed by atoms with Crippen molar-refractivity contribution in [1.29, 1.82) is 0 Å². The largest absolute Gasteiger partial charge is 0.457 e. The molecule has 3 nitrogen and oxygen atoms in total. The molecule has 8 heteroatoms. The molecule has 0 spiro atoms. The Balaban J connectivity index is 1.54. The van der Waals surface area contributed by atoms with Crippen molar-refractivity contribution in [2.24, 2.45) is 0 Å². The van der Waals surface area contributed by atoms with Crippen LogP contribution in [0.5, 0.6) is 11.5 Å². The Morgan fingerprint density at radius 1 is 0.900 bits per heavy atom. The van der Waals surface area contributed by atoms with Gasteiger partial charge in [-0.2, -0.15) is 13.2 Å². The molecule has 0 aromatic heterocycles. The van der Waals surface area contributed by atoms with Gasteiger partial charge in [0.15, 0.2) is 0 Å². The lowest BCUT2D eigenvalue weighted by atomic mass is 10.1. The van der Waals surface area contributed by atoms with E-state index in [-0.39, 0.29) is 17.0 Å². The number of anilines is 1. The molecular formula is C22H15ClF3NO2S. The summed E-state index contributed by atoms with van der Waals surface area (Å²) >= 11 is 7.25. The lowest BCUT2D eigenvalue weighted by Crippen LogP contribution is -2.27. The average molecular weight is 450 g/mol. The fraction of sp³-hybridized carbons (Fsp3) is 0.136. The van der Waals surface area contributed by atoms with Gasteiger partial charge in [0.25, 0.3) is 0 Å². The maximum Gasteiger partial charge on any atom is 0.416 e. The molecule has 0 bridgehead atoms. The van der Waals surface area contributed by atoms with Crippen LogP contribution in [0.1, 0.15) is 16.5 Å². The van der Waals surface area contributed by atoms with Crippen LogP contribution in [-0.2, 0) is 11.0 Å². The van der Waals surface area contributed by atoms with E-state index in [1.165, 1.54) is 23.9 Å². The summed E-state index contributed by atoms with van der Waals surface area (Å²) in [5, 5.41) is 0.222. The monoisotopic (exact) mass is 449 g/mol. The Morgan fingerprint density at radius 2 is 1.47 bits per heavy atom. The first-order valence-corrected chi connectivity index (χ1v) is 10.4. The molecule has 1 fully saturated rings. The quantitative estimate of drug-likeness (QED) is 0.432. The number of ether oxygens (including phenoxy) is 1. The number of hydrogen-bond donors (Lipinski definition) is 0. The summed E-state index contributed by atoms with van der Waals surface area (Å²) in [7, 11) is 0. The average Bonchev–Trinajstić information content (AvgIpc) is 3.11. The minimum atomic E-state index is -4.39. The van der Waals surface area contributed by atoms with E-state index in [0.29, 0.717) is 27.8 Å². The number of nitrogens with zero attached hydrogens (tertiary/aromatic N) is 1. The maximum absolute atomic E-state index is 12.8. The fourth-order valence-corrected chi connectivity index (χ4v) is 4.40. The summed E-state index contributed by atoms with van der Waals surface area (Å²) in [5.41, 5.74) is 0.578. The molecule has 1 unspecified atom stereocenters. The molecule has 1 saturated heterocycles. The number of amides is 1. The van der Waals surface area contributed by atoms with Crippen LogP contribution in [-0.4, -0.2) is 11.7 Å². The van der Waals surface area contributed by atoms with E-state index in [9.17, 15) is 18.0 Å². The van der Waals surface area contributed by atoms with Gasteiger partial charge in [0.05, 0.1) is 11.3 Å². The summed E-state index contributed by atoms with van der Waals surface area (Å²) < 4.78 is 44.2. The zero-order chi connectivity index (χ0) is 21.3. The van der Waals surface area contributed by atoms with Gasteiger partial charge in [-0.1, -0.05) is 23.7 Å². The molecule has 3 aromatic carbocycles. The van der Waals surface area contributed by atoms with Crippen molar-refractivity contribution in [2.45, 2.75) is 11.6 Å². The van der Waals surface area contributed by atoms with E-state index >= 15 is 0 Å². The van der Waals surface area contributed by atoms with E-state index in [1.807, 2.05) is 0 Å². The number of alkyl halides is 3. The Kier molecular flexibility index (Phi) is 5.66. The Morgan fingerprint density at radius 3 is 2.03 bits per heavy atom. The Bertz CT molecular complexity index is 1040. The van der Waals surface area contributed by atoms with Gasteiger partial charge in [0.1, 0.15) is 16.9 Å². The highest BCUT2D eigenvalue weighted by Crippen LogP contribution is 2.43. The number of rotatable bonds is 4. The fourth-order valence-electron chi connectivity index (χ4n) is 3.10. The van der Waals surface area contributed by atoms with Gasteiger partial charge in [-0.05, 0) is 66.2 Å². The summed E-state index contributed by atoms with van der Waals surface area (Å²) in [6.45, 7) is 0. The second kappa shape index (κ2) is 8.24. The first-order chi connectivity index (χ1) is 14.3. The second-order valence-corrected chi connectivity index (χ2v) is 8.10. The van der Waals surface area contributed by atoms with Crippen molar-refractivity contribution >= 4 is 35.0 Å². The third kappa shape index (κ3) is 4.42. The summed E-state index contributed by atoms with van der Waals surface area (Å²) in [6.07, 6.45) is -4.39. The lowest BCUT2D eigenvalue weighted by Gasteiger charge is -2.25. The first kappa shape index (κ1) is 20.6. The molecule has 0 aliphatic carbocycles. The van der Waals surface area contributed by atoms with Crippen LogP contribution in [0.25, 0.3) is 0 Å². The zero-order valence-corrected chi connectivity index (χ0v) is 17.0. The summed E-state index contributed by atoms with van der Waals surface area (Å²) in [6, 6.07) is 18.9. The maximum atomic E-state index is 12.8. The van der Waals surface area contributed by atoms with E-state index in [4.69, 9.17) is 16.3 Å². The molecule has 0 radical (unpaired) electrons. The molecule has 3 aromatic rings. The van der Waals surface area contributed by atoms with E-state index < -0.39 is 11.7 Å². The van der Waals surface area contributed by atoms with Crippen molar-refractivity contribution in [3.63, 3.8) is 0 Å². The standard InChI is InChI=1S/C22H15ClF3NO2S/c23-16-5-9-18(10-6-16)29-19-11-7-17(8-12-19)27-20(28)13-30-21(27)14-1-3-15(4-2-14)22(24,25)26/h1-12,21H,13H2. The highest BCUT2D eigenvalue weighted by molar-refractivity contribution is 8.00. The van der Waals surface area contributed by atoms with Gasteiger partial charge in [0.2, 0.25) is 5.91 Å². The van der Waals surface area contributed by atoms with E-state index in [1.54, 1.807) is 53.4 Å². The van der Waals surface area contributed by atoms with Gasteiger partial charge in [-0.25, -0.2) is 0 Å². The van der Waals surface area contributed by atoms with Gasteiger partial charge < -0.3 is 4.74 Å². The molecule has 0 saturated carbocycles. The van der Waals surface area contributed by atoms with E-state index in [0.717, 1.165) is 12.1 Å². The van der Waals surface area contributed by atoms with Crippen molar-refractivity contribution in [3.05, 3.63) is 88.9 Å². The van der Waals surface area contributed by atoms with Crippen LogP contribution in [0.3, 0.4) is 0 Å². The third-order valence-corrected chi connectivity index (χ3v) is 6.02.